The van der Waals surface area contributed by atoms with Gasteiger partial charge in [0.1, 0.15) is 0 Å². The van der Waals surface area contributed by atoms with Crippen LogP contribution < -0.4 is 11.1 Å². The minimum atomic E-state index is -0.635. The molecule has 0 unspecified atom stereocenters. The van der Waals surface area contributed by atoms with Crippen molar-refractivity contribution in [2.45, 2.75) is 44.2 Å². The van der Waals surface area contributed by atoms with Gasteiger partial charge in [-0.3, -0.25) is 9.59 Å². The number of likely N-dealkylation sites (tertiary alicyclic amines) is 1. The zero-order chi connectivity index (χ0) is 15.6. The first kappa shape index (κ1) is 17.8. The summed E-state index contributed by atoms with van der Waals surface area (Å²) in [5.74, 6) is 0.0233. The second kappa shape index (κ2) is 7.32. The van der Waals surface area contributed by atoms with Gasteiger partial charge in [0.05, 0.1) is 5.54 Å². The second-order valence-corrected chi connectivity index (χ2v) is 6.39. The van der Waals surface area contributed by atoms with Crippen molar-refractivity contribution in [2.75, 3.05) is 13.1 Å². The van der Waals surface area contributed by atoms with Gasteiger partial charge in [-0.25, -0.2) is 0 Å². The maximum Gasteiger partial charge on any atom is 0.253 e. The number of nitrogens with zero attached hydrogens (tertiary/aromatic N) is 1. The molecule has 0 bridgehead atoms. The van der Waals surface area contributed by atoms with Gasteiger partial charge < -0.3 is 16.0 Å². The molecule has 126 valence electrons. The summed E-state index contributed by atoms with van der Waals surface area (Å²) in [6.45, 7) is 2.17. The van der Waals surface area contributed by atoms with Gasteiger partial charge in [0, 0.05) is 25.2 Å². The lowest BCUT2D eigenvalue weighted by Gasteiger charge is -2.26. The number of benzene rings is 1. The largest absolute Gasteiger partial charge is 0.350 e. The van der Waals surface area contributed by atoms with Crippen molar-refractivity contribution in [3.05, 3.63) is 35.4 Å². The Kier molecular flexibility index (Phi) is 5.65. The molecule has 0 spiro atoms. The molecule has 1 saturated carbocycles. The highest BCUT2D eigenvalue weighted by molar-refractivity contribution is 5.94. The molecule has 2 aliphatic rings. The molecular weight excluding hydrogens is 314 g/mol. The zero-order valence-corrected chi connectivity index (χ0v) is 14.0. The van der Waals surface area contributed by atoms with E-state index in [9.17, 15) is 9.59 Å². The Morgan fingerprint density at radius 3 is 2.26 bits per heavy atom. The fourth-order valence-electron chi connectivity index (χ4n) is 2.76. The highest BCUT2D eigenvalue weighted by Crippen LogP contribution is 2.32. The van der Waals surface area contributed by atoms with Crippen LogP contribution in [0.2, 0.25) is 0 Å². The maximum absolute atomic E-state index is 12.4. The van der Waals surface area contributed by atoms with Crippen LogP contribution in [0.4, 0.5) is 0 Å². The average Bonchev–Trinajstić information content (AvgIpc) is 3.32. The fraction of sp³-hybridized carbons (Fsp3) is 0.529. The summed E-state index contributed by atoms with van der Waals surface area (Å²) in [7, 11) is 0. The maximum atomic E-state index is 12.4. The number of nitrogens with one attached hydrogen (secondary N) is 1. The molecule has 0 radical (unpaired) electrons. The third-order valence-corrected chi connectivity index (χ3v) is 4.54. The molecule has 1 saturated heterocycles. The molecule has 5 nitrogen and oxygen atoms in total. The first-order valence-corrected chi connectivity index (χ1v) is 8.04. The number of hydrogen-bond donors (Lipinski definition) is 2. The van der Waals surface area contributed by atoms with Crippen LogP contribution in [0.25, 0.3) is 0 Å². The quantitative estimate of drug-likeness (QED) is 0.880. The standard InChI is InChI=1S/C17H23N3O2.ClH/c18-17(8-9-17)16(22)19-12-13-4-6-14(7-5-13)15(21)20-10-2-1-3-11-20;/h4-7H,1-3,8-12,18H2,(H,19,22);1H. The Balaban J connectivity index is 0.00000192. The summed E-state index contributed by atoms with van der Waals surface area (Å²) >= 11 is 0. The number of amides is 2. The molecular formula is C17H24ClN3O2. The Morgan fingerprint density at radius 2 is 1.70 bits per heavy atom. The van der Waals surface area contributed by atoms with Crippen molar-refractivity contribution in [3.63, 3.8) is 0 Å². The molecule has 0 aromatic heterocycles. The molecule has 6 heteroatoms. The van der Waals surface area contributed by atoms with E-state index in [1.165, 1.54) is 6.42 Å². The average molecular weight is 338 g/mol. The molecule has 2 fully saturated rings. The minimum absolute atomic E-state index is 0. The fourth-order valence-corrected chi connectivity index (χ4v) is 2.76. The van der Waals surface area contributed by atoms with Gasteiger partial charge in [-0.2, -0.15) is 0 Å². The van der Waals surface area contributed by atoms with Crippen LogP contribution >= 0.6 is 12.4 Å². The summed E-state index contributed by atoms with van der Waals surface area (Å²) in [6.07, 6.45) is 4.93. The van der Waals surface area contributed by atoms with Crippen LogP contribution in [-0.4, -0.2) is 35.3 Å². The monoisotopic (exact) mass is 337 g/mol. The molecule has 1 aromatic carbocycles. The Bertz CT molecular complexity index is 564. The Hall–Kier alpha value is -1.59. The van der Waals surface area contributed by atoms with Crippen molar-refractivity contribution in [1.82, 2.24) is 10.2 Å². The van der Waals surface area contributed by atoms with Crippen LogP contribution in [0.15, 0.2) is 24.3 Å². The molecule has 1 aromatic rings. The molecule has 3 N–H and O–H groups in total. The van der Waals surface area contributed by atoms with Gasteiger partial charge in [0.25, 0.3) is 5.91 Å². The van der Waals surface area contributed by atoms with E-state index in [0.717, 1.165) is 49.9 Å². The van der Waals surface area contributed by atoms with Crippen LogP contribution in [0.3, 0.4) is 0 Å². The summed E-state index contributed by atoms with van der Waals surface area (Å²) < 4.78 is 0. The first-order chi connectivity index (χ1) is 10.6. The second-order valence-electron chi connectivity index (χ2n) is 6.39. The van der Waals surface area contributed by atoms with Crippen molar-refractivity contribution >= 4 is 24.2 Å². The van der Waals surface area contributed by atoms with E-state index in [2.05, 4.69) is 5.32 Å². The van der Waals surface area contributed by atoms with E-state index < -0.39 is 5.54 Å². The van der Waals surface area contributed by atoms with Crippen LogP contribution in [0.5, 0.6) is 0 Å². The lowest BCUT2D eigenvalue weighted by Crippen LogP contribution is -2.42. The predicted molar refractivity (Wildman–Crippen MR) is 91.4 cm³/mol. The smallest absolute Gasteiger partial charge is 0.253 e. The lowest BCUT2D eigenvalue weighted by atomic mass is 10.1. The SMILES string of the molecule is Cl.NC1(C(=O)NCc2ccc(C(=O)N3CCCCC3)cc2)CC1. The van der Waals surface area contributed by atoms with Crippen molar-refractivity contribution in [3.8, 4) is 0 Å². The number of rotatable bonds is 4. The first-order valence-electron chi connectivity index (χ1n) is 8.04. The van der Waals surface area contributed by atoms with Crippen LogP contribution in [0, 0.1) is 0 Å². The van der Waals surface area contributed by atoms with Crippen molar-refractivity contribution in [1.29, 1.82) is 0 Å². The Morgan fingerprint density at radius 1 is 1.09 bits per heavy atom. The number of nitrogens with two attached hydrogens (primary N) is 1. The van der Waals surface area contributed by atoms with E-state index in [0.29, 0.717) is 6.54 Å². The molecule has 3 rings (SSSR count). The minimum Gasteiger partial charge on any atom is -0.350 e. The van der Waals surface area contributed by atoms with Crippen molar-refractivity contribution < 1.29 is 9.59 Å². The molecule has 1 aliphatic heterocycles. The highest BCUT2D eigenvalue weighted by Gasteiger charge is 2.45. The van der Waals surface area contributed by atoms with E-state index in [1.807, 2.05) is 29.2 Å². The third-order valence-electron chi connectivity index (χ3n) is 4.54. The van der Waals surface area contributed by atoms with Gasteiger partial charge in [0.15, 0.2) is 0 Å². The van der Waals surface area contributed by atoms with E-state index in [4.69, 9.17) is 5.73 Å². The summed E-state index contributed by atoms with van der Waals surface area (Å²) in [6, 6.07) is 7.47. The van der Waals surface area contributed by atoms with Crippen LogP contribution in [-0.2, 0) is 11.3 Å². The topological polar surface area (TPSA) is 75.4 Å². The van der Waals surface area contributed by atoms with Gasteiger partial charge in [-0.15, -0.1) is 12.4 Å². The van der Waals surface area contributed by atoms with E-state index in [-0.39, 0.29) is 24.2 Å². The molecule has 1 heterocycles. The van der Waals surface area contributed by atoms with Crippen LogP contribution in [0.1, 0.15) is 48.0 Å². The third kappa shape index (κ3) is 4.24. The van der Waals surface area contributed by atoms with Crippen molar-refractivity contribution in [2.24, 2.45) is 5.73 Å². The number of hydrogen-bond acceptors (Lipinski definition) is 3. The van der Waals surface area contributed by atoms with E-state index in [1.54, 1.807) is 0 Å². The summed E-state index contributed by atoms with van der Waals surface area (Å²) in [5.41, 5.74) is 6.90. The number of carbonyl (C=O) groups excluding carboxylic acids is 2. The Labute approximate surface area is 143 Å². The van der Waals surface area contributed by atoms with Gasteiger partial charge >= 0.3 is 0 Å². The zero-order valence-electron chi connectivity index (χ0n) is 13.2. The highest BCUT2D eigenvalue weighted by atomic mass is 35.5. The predicted octanol–water partition coefficient (Wildman–Crippen LogP) is 1.84. The molecule has 23 heavy (non-hydrogen) atoms. The molecule has 2 amide bonds. The van der Waals surface area contributed by atoms with Gasteiger partial charge in [0.2, 0.25) is 5.91 Å². The number of piperidine rings is 1. The summed E-state index contributed by atoms with van der Waals surface area (Å²) in [4.78, 5) is 26.1. The van der Waals surface area contributed by atoms with E-state index >= 15 is 0 Å². The molecule has 1 aliphatic carbocycles. The molecule has 0 atom stereocenters. The summed E-state index contributed by atoms with van der Waals surface area (Å²) in [5, 5.41) is 2.85. The number of halogens is 1. The number of carbonyl (C=O) groups is 2. The lowest BCUT2D eigenvalue weighted by molar-refractivity contribution is -0.123. The van der Waals surface area contributed by atoms with Gasteiger partial charge in [-0.05, 0) is 49.8 Å². The normalized spacial score (nSPS) is 18.7. The van der Waals surface area contributed by atoms with Gasteiger partial charge in [-0.1, -0.05) is 12.1 Å².